The first-order valence-corrected chi connectivity index (χ1v) is 9.10. The highest BCUT2D eigenvalue weighted by molar-refractivity contribution is 6.04. The summed E-state index contributed by atoms with van der Waals surface area (Å²) in [5.74, 6) is -1.18. The lowest BCUT2D eigenvalue weighted by Gasteiger charge is -2.10. The molecule has 0 aliphatic rings. The summed E-state index contributed by atoms with van der Waals surface area (Å²) in [5, 5.41) is 0. The summed E-state index contributed by atoms with van der Waals surface area (Å²) < 4.78 is 10.6. The quantitative estimate of drug-likeness (QED) is 0.342. The predicted molar refractivity (Wildman–Crippen MR) is 109 cm³/mol. The largest absolute Gasteiger partial charge is 0.423 e. The van der Waals surface area contributed by atoms with Crippen molar-refractivity contribution in [3.05, 3.63) is 95.1 Å². The molecule has 0 unspecified atom stereocenters. The summed E-state index contributed by atoms with van der Waals surface area (Å²) >= 11 is 0. The Morgan fingerprint density at radius 3 is 1.17 bits per heavy atom. The minimum Gasteiger partial charge on any atom is -0.423 e. The van der Waals surface area contributed by atoms with Gasteiger partial charge in [-0.05, 0) is 74.5 Å². The summed E-state index contributed by atoms with van der Waals surface area (Å²) in [6.07, 6.45) is 0. The van der Waals surface area contributed by atoms with Gasteiger partial charge in [-0.15, -0.1) is 0 Å². The number of ketones is 2. The maximum absolute atomic E-state index is 12.6. The van der Waals surface area contributed by atoms with Crippen LogP contribution in [0.5, 0.6) is 11.5 Å². The third kappa shape index (κ3) is 4.86. The lowest BCUT2D eigenvalue weighted by molar-refractivity contribution is 0.0692. The second-order valence-corrected chi connectivity index (χ2v) is 6.49. The summed E-state index contributed by atoms with van der Waals surface area (Å²) in [7, 11) is 0. The van der Waals surface area contributed by atoms with Crippen molar-refractivity contribution in [1.29, 1.82) is 0 Å². The smallest absolute Gasteiger partial charge is 0.344 e. The van der Waals surface area contributed by atoms with Crippen LogP contribution in [0, 0.1) is 0 Å². The molecule has 0 bridgehead atoms. The molecule has 3 aromatic carbocycles. The van der Waals surface area contributed by atoms with Crippen LogP contribution in [0.3, 0.4) is 0 Å². The molecule has 0 saturated carbocycles. The molecular weight excluding hydrogens is 384 g/mol. The fraction of sp³-hybridized carbons (Fsp3) is 0.0833. The molecule has 0 N–H and O–H groups in total. The topological polar surface area (TPSA) is 86.7 Å². The van der Waals surface area contributed by atoms with E-state index in [1.165, 1.54) is 50.2 Å². The van der Waals surface area contributed by atoms with E-state index < -0.39 is 11.9 Å². The van der Waals surface area contributed by atoms with Gasteiger partial charge in [-0.2, -0.15) is 0 Å². The van der Waals surface area contributed by atoms with Crippen molar-refractivity contribution in [3.63, 3.8) is 0 Å². The van der Waals surface area contributed by atoms with Crippen molar-refractivity contribution >= 4 is 23.5 Å². The molecule has 0 fully saturated rings. The van der Waals surface area contributed by atoms with Crippen LogP contribution in [0.2, 0.25) is 0 Å². The number of hydrogen-bond donors (Lipinski definition) is 0. The van der Waals surface area contributed by atoms with E-state index in [4.69, 9.17) is 9.47 Å². The molecule has 0 aliphatic carbocycles. The highest BCUT2D eigenvalue weighted by atomic mass is 16.5. The van der Waals surface area contributed by atoms with Gasteiger partial charge in [0.2, 0.25) is 0 Å². The number of hydrogen-bond acceptors (Lipinski definition) is 6. The first kappa shape index (κ1) is 20.7. The van der Waals surface area contributed by atoms with E-state index in [9.17, 15) is 19.2 Å². The summed E-state index contributed by atoms with van der Waals surface area (Å²) in [5.41, 5.74) is 1.07. The Labute approximate surface area is 173 Å². The van der Waals surface area contributed by atoms with Crippen LogP contribution >= 0.6 is 0 Å². The van der Waals surface area contributed by atoms with Gasteiger partial charge >= 0.3 is 11.9 Å². The van der Waals surface area contributed by atoms with Gasteiger partial charge in [0.05, 0.1) is 11.1 Å². The minimum absolute atomic E-state index is 0.0403. The molecule has 0 amide bonds. The van der Waals surface area contributed by atoms with Crippen LogP contribution in [-0.4, -0.2) is 23.5 Å². The van der Waals surface area contributed by atoms with E-state index in [0.717, 1.165) is 0 Å². The highest BCUT2D eigenvalue weighted by Gasteiger charge is 2.20. The van der Waals surface area contributed by atoms with E-state index in [1.54, 1.807) is 36.4 Å². The SMILES string of the molecule is CC(=O)c1ccc(OC(=O)c2ccccc2C(=O)Oc2ccc(C(C)=O)cc2)cc1. The van der Waals surface area contributed by atoms with Gasteiger partial charge in [0.15, 0.2) is 11.6 Å². The molecule has 0 atom stereocenters. The molecule has 150 valence electrons. The van der Waals surface area contributed by atoms with Crippen LogP contribution in [0.15, 0.2) is 72.8 Å². The van der Waals surface area contributed by atoms with Crippen molar-refractivity contribution < 1.29 is 28.7 Å². The molecule has 0 spiro atoms. The number of ether oxygens (including phenoxy) is 2. The average Bonchev–Trinajstić information content (AvgIpc) is 2.74. The van der Waals surface area contributed by atoms with Crippen LogP contribution in [0.4, 0.5) is 0 Å². The zero-order chi connectivity index (χ0) is 21.7. The number of rotatable bonds is 6. The Kier molecular flexibility index (Phi) is 6.17. The lowest BCUT2D eigenvalue weighted by atomic mass is 10.1. The molecule has 6 nitrogen and oxygen atoms in total. The zero-order valence-corrected chi connectivity index (χ0v) is 16.4. The van der Waals surface area contributed by atoms with Crippen molar-refractivity contribution in [2.45, 2.75) is 13.8 Å². The molecule has 0 heterocycles. The molecule has 3 rings (SSSR count). The average molecular weight is 402 g/mol. The Bertz CT molecular complexity index is 1020. The standard InChI is InChI=1S/C24H18O6/c1-15(25)17-7-11-19(12-8-17)29-23(27)21-5-3-4-6-22(21)24(28)30-20-13-9-18(10-14-20)16(2)26/h3-14H,1-2H3. The first-order valence-electron chi connectivity index (χ1n) is 9.10. The second-order valence-electron chi connectivity index (χ2n) is 6.49. The minimum atomic E-state index is -0.731. The van der Waals surface area contributed by atoms with Crippen molar-refractivity contribution in [2.24, 2.45) is 0 Å². The highest BCUT2D eigenvalue weighted by Crippen LogP contribution is 2.19. The number of benzene rings is 3. The van der Waals surface area contributed by atoms with Gasteiger partial charge in [-0.3, -0.25) is 9.59 Å². The molecule has 3 aromatic rings. The third-order valence-electron chi connectivity index (χ3n) is 4.31. The van der Waals surface area contributed by atoms with E-state index >= 15 is 0 Å². The zero-order valence-electron chi connectivity index (χ0n) is 16.4. The molecule has 0 radical (unpaired) electrons. The molecule has 0 saturated heterocycles. The van der Waals surface area contributed by atoms with Gasteiger partial charge in [-0.25, -0.2) is 9.59 Å². The van der Waals surface area contributed by atoms with Crippen LogP contribution in [-0.2, 0) is 0 Å². The number of carbonyl (C=O) groups excluding carboxylic acids is 4. The second kappa shape index (κ2) is 8.96. The first-order chi connectivity index (χ1) is 14.3. The van der Waals surface area contributed by atoms with E-state index in [-0.39, 0.29) is 34.2 Å². The molecule has 30 heavy (non-hydrogen) atoms. The summed E-state index contributed by atoms with van der Waals surface area (Å²) in [6, 6.07) is 18.4. The molecular formula is C24H18O6. The van der Waals surface area contributed by atoms with E-state index in [0.29, 0.717) is 11.1 Å². The Morgan fingerprint density at radius 1 is 0.533 bits per heavy atom. The maximum atomic E-state index is 12.6. The van der Waals surface area contributed by atoms with Crippen molar-refractivity contribution in [3.8, 4) is 11.5 Å². The van der Waals surface area contributed by atoms with Crippen LogP contribution < -0.4 is 9.47 Å². The molecule has 6 heteroatoms. The van der Waals surface area contributed by atoms with Gasteiger partial charge in [0.1, 0.15) is 11.5 Å². The van der Waals surface area contributed by atoms with Crippen LogP contribution in [0.1, 0.15) is 55.3 Å². The lowest BCUT2D eigenvalue weighted by Crippen LogP contribution is -2.17. The van der Waals surface area contributed by atoms with Crippen molar-refractivity contribution in [1.82, 2.24) is 0 Å². The Hall–Kier alpha value is -4.06. The maximum Gasteiger partial charge on any atom is 0.344 e. The predicted octanol–water partition coefficient (Wildman–Crippen LogP) is 4.53. The fourth-order valence-electron chi connectivity index (χ4n) is 2.68. The van der Waals surface area contributed by atoms with Gasteiger partial charge in [-0.1, -0.05) is 12.1 Å². The van der Waals surface area contributed by atoms with Gasteiger partial charge in [0.25, 0.3) is 0 Å². The van der Waals surface area contributed by atoms with E-state index in [1.807, 2.05) is 0 Å². The fourth-order valence-corrected chi connectivity index (χ4v) is 2.68. The van der Waals surface area contributed by atoms with Crippen molar-refractivity contribution in [2.75, 3.05) is 0 Å². The van der Waals surface area contributed by atoms with Gasteiger partial charge in [0, 0.05) is 11.1 Å². The third-order valence-corrected chi connectivity index (χ3v) is 4.31. The van der Waals surface area contributed by atoms with E-state index in [2.05, 4.69) is 0 Å². The Morgan fingerprint density at radius 2 is 0.867 bits per heavy atom. The number of esters is 2. The monoisotopic (exact) mass is 402 g/mol. The normalized spacial score (nSPS) is 10.2. The van der Waals surface area contributed by atoms with Gasteiger partial charge < -0.3 is 9.47 Å². The Balaban J connectivity index is 1.77. The molecule has 0 aromatic heterocycles. The molecule has 0 aliphatic heterocycles. The summed E-state index contributed by atoms with van der Waals surface area (Å²) in [6.45, 7) is 2.88. The number of carbonyl (C=O) groups is 4. The van der Waals surface area contributed by atoms with Crippen LogP contribution in [0.25, 0.3) is 0 Å². The number of Topliss-reactive ketones (excluding diaryl/α,β-unsaturated/α-hetero) is 2. The summed E-state index contributed by atoms with van der Waals surface area (Å²) in [4.78, 5) is 47.9.